The van der Waals surface area contributed by atoms with Crippen LogP contribution in [0.25, 0.3) is 11.1 Å². The lowest BCUT2D eigenvalue weighted by atomic mass is 10.0. The number of carbonyl (C=O) groups excluding carboxylic acids is 2. The van der Waals surface area contributed by atoms with E-state index in [2.05, 4.69) is 15.4 Å². The number of hydrogen-bond acceptors (Lipinski definition) is 5. The lowest BCUT2D eigenvalue weighted by Crippen LogP contribution is -2.28. The molecule has 3 heterocycles. The van der Waals surface area contributed by atoms with Crippen LogP contribution >= 0.6 is 0 Å². The summed E-state index contributed by atoms with van der Waals surface area (Å²) in [6.07, 6.45) is 1.03. The van der Waals surface area contributed by atoms with Crippen molar-refractivity contribution in [2.75, 3.05) is 32.6 Å². The summed E-state index contributed by atoms with van der Waals surface area (Å²) < 4.78 is 13.1. The second-order valence-corrected chi connectivity index (χ2v) is 8.31. The average molecular weight is 452 g/mol. The molecule has 2 amide bonds. The zero-order valence-electron chi connectivity index (χ0n) is 19.6. The molecule has 3 aromatic rings. The van der Waals surface area contributed by atoms with Gasteiger partial charge in [0.15, 0.2) is 0 Å². The van der Waals surface area contributed by atoms with Crippen molar-refractivity contribution >= 4 is 17.5 Å². The van der Waals surface area contributed by atoms with Gasteiger partial charge in [-0.05, 0) is 49.6 Å². The van der Waals surface area contributed by atoms with Gasteiger partial charge in [-0.25, -0.2) is 4.68 Å². The number of methoxy groups -OCH3 is 1. The Kier molecular flexibility index (Phi) is 6.13. The zero-order valence-corrected chi connectivity index (χ0v) is 19.6. The molecule has 0 spiro atoms. The maximum atomic E-state index is 12.8. The number of anilines is 1. The van der Waals surface area contributed by atoms with E-state index in [0.29, 0.717) is 43.3 Å². The number of ether oxygens (including phenoxy) is 2. The number of benzene rings is 1. The first-order valence-corrected chi connectivity index (χ1v) is 10.9. The molecule has 0 fully saturated rings. The number of aryl methyl sites for hydroxylation is 3. The monoisotopic (exact) mass is 451 g/mol. The van der Waals surface area contributed by atoms with Gasteiger partial charge in [-0.3, -0.25) is 9.59 Å². The van der Waals surface area contributed by atoms with Crippen LogP contribution < -0.4 is 14.8 Å². The second kappa shape index (κ2) is 9.01. The molecule has 0 bridgehead atoms. The van der Waals surface area contributed by atoms with Gasteiger partial charge in [-0.15, -0.1) is 0 Å². The molecule has 0 unspecified atom stereocenters. The van der Waals surface area contributed by atoms with Crippen molar-refractivity contribution in [1.82, 2.24) is 19.7 Å². The first-order chi connectivity index (χ1) is 15.8. The fourth-order valence-corrected chi connectivity index (χ4v) is 4.18. The standard InChI is InChI=1S/C24H29N5O4/c1-14-11-18(22(25-14)32-5)23(31)28(3)9-6-10-33-24-21(15(2)27-29(24)4)16-7-8-19-17(12-16)13-20(30)26-19/h7-8,11-12,25H,6,9-10,13H2,1-5H3,(H,26,30). The molecule has 9 nitrogen and oxygen atoms in total. The Morgan fingerprint density at radius 1 is 1.27 bits per heavy atom. The lowest BCUT2D eigenvalue weighted by Gasteiger charge is -2.17. The molecule has 4 rings (SSSR count). The third kappa shape index (κ3) is 4.44. The van der Waals surface area contributed by atoms with Crippen molar-refractivity contribution in [2.24, 2.45) is 7.05 Å². The molecule has 1 aliphatic rings. The molecule has 174 valence electrons. The number of nitrogens with one attached hydrogen (secondary N) is 2. The molecule has 0 saturated heterocycles. The molecular formula is C24H29N5O4. The van der Waals surface area contributed by atoms with E-state index in [4.69, 9.17) is 9.47 Å². The smallest absolute Gasteiger partial charge is 0.259 e. The van der Waals surface area contributed by atoms with Gasteiger partial charge in [0.2, 0.25) is 17.7 Å². The van der Waals surface area contributed by atoms with Crippen LogP contribution in [0, 0.1) is 13.8 Å². The summed E-state index contributed by atoms with van der Waals surface area (Å²) in [5.74, 6) is 1.05. The van der Waals surface area contributed by atoms with Gasteiger partial charge in [0.05, 0.1) is 31.4 Å². The number of nitrogens with zero attached hydrogens (tertiary/aromatic N) is 3. The third-order valence-corrected chi connectivity index (χ3v) is 5.76. The molecule has 1 aromatic carbocycles. The van der Waals surface area contributed by atoms with Crippen molar-refractivity contribution in [3.8, 4) is 22.9 Å². The van der Waals surface area contributed by atoms with Gasteiger partial charge in [-0.1, -0.05) is 6.07 Å². The van der Waals surface area contributed by atoms with Gasteiger partial charge in [0.1, 0.15) is 5.56 Å². The Balaban J connectivity index is 1.41. The van der Waals surface area contributed by atoms with E-state index < -0.39 is 0 Å². The Hall–Kier alpha value is -3.75. The van der Waals surface area contributed by atoms with Crippen LogP contribution in [-0.2, 0) is 18.3 Å². The van der Waals surface area contributed by atoms with Crippen molar-refractivity contribution in [3.05, 3.63) is 46.8 Å². The quantitative estimate of drug-likeness (QED) is 0.513. The number of H-pyrrole nitrogens is 1. The number of hydrogen-bond donors (Lipinski definition) is 2. The molecule has 1 aliphatic heterocycles. The Bertz CT molecular complexity index is 1210. The zero-order chi connectivity index (χ0) is 23.7. The molecule has 2 N–H and O–H groups in total. The van der Waals surface area contributed by atoms with Gasteiger partial charge < -0.3 is 24.7 Å². The summed E-state index contributed by atoms with van der Waals surface area (Å²) >= 11 is 0. The van der Waals surface area contributed by atoms with Gasteiger partial charge in [-0.2, -0.15) is 5.10 Å². The van der Waals surface area contributed by atoms with Crippen LogP contribution in [0.4, 0.5) is 5.69 Å². The van der Waals surface area contributed by atoms with Gasteiger partial charge in [0, 0.05) is 32.0 Å². The maximum Gasteiger partial charge on any atom is 0.259 e. The predicted octanol–water partition coefficient (Wildman–Crippen LogP) is 3.08. The molecule has 2 aromatic heterocycles. The minimum absolute atomic E-state index is 0.00705. The summed E-state index contributed by atoms with van der Waals surface area (Å²) in [5.41, 5.74) is 5.96. The number of aromatic amines is 1. The maximum absolute atomic E-state index is 12.8. The number of fused-ring (bicyclic) bond motifs is 1. The fraction of sp³-hybridized carbons (Fsp3) is 0.375. The summed E-state index contributed by atoms with van der Waals surface area (Å²) in [6, 6.07) is 7.70. The summed E-state index contributed by atoms with van der Waals surface area (Å²) in [6.45, 7) is 4.79. The number of amides is 2. The highest BCUT2D eigenvalue weighted by molar-refractivity contribution is 6.00. The topological polar surface area (TPSA) is 101 Å². The van der Waals surface area contributed by atoms with Crippen LogP contribution in [0.2, 0.25) is 0 Å². The average Bonchev–Trinajstić information content (AvgIpc) is 3.43. The largest absolute Gasteiger partial charge is 0.482 e. The molecule has 0 aliphatic carbocycles. The Morgan fingerprint density at radius 3 is 2.82 bits per heavy atom. The fourth-order valence-electron chi connectivity index (χ4n) is 4.18. The first kappa shape index (κ1) is 22.4. The normalized spacial score (nSPS) is 12.5. The van der Waals surface area contributed by atoms with E-state index in [1.165, 1.54) is 0 Å². The van der Waals surface area contributed by atoms with Crippen molar-refractivity contribution in [2.45, 2.75) is 26.7 Å². The molecule has 0 atom stereocenters. The highest BCUT2D eigenvalue weighted by Crippen LogP contribution is 2.36. The van der Waals surface area contributed by atoms with Gasteiger partial charge >= 0.3 is 0 Å². The Morgan fingerprint density at radius 2 is 2.06 bits per heavy atom. The number of carbonyl (C=O) groups is 2. The second-order valence-electron chi connectivity index (χ2n) is 8.31. The lowest BCUT2D eigenvalue weighted by molar-refractivity contribution is -0.115. The molecule has 0 radical (unpaired) electrons. The summed E-state index contributed by atoms with van der Waals surface area (Å²) in [7, 11) is 5.16. The van der Waals surface area contributed by atoms with Crippen molar-refractivity contribution in [3.63, 3.8) is 0 Å². The molecule has 33 heavy (non-hydrogen) atoms. The van der Waals surface area contributed by atoms with Crippen LogP contribution in [0.15, 0.2) is 24.3 Å². The minimum atomic E-state index is -0.102. The molecule has 9 heteroatoms. The molecule has 0 saturated carbocycles. The predicted molar refractivity (Wildman–Crippen MR) is 125 cm³/mol. The van der Waals surface area contributed by atoms with Crippen LogP contribution in [-0.4, -0.2) is 58.8 Å². The van der Waals surface area contributed by atoms with Gasteiger partial charge in [0.25, 0.3) is 5.91 Å². The summed E-state index contributed by atoms with van der Waals surface area (Å²) in [4.78, 5) is 29.2. The van der Waals surface area contributed by atoms with E-state index in [0.717, 1.165) is 33.8 Å². The first-order valence-electron chi connectivity index (χ1n) is 10.9. The Labute approximate surface area is 192 Å². The minimum Gasteiger partial charge on any atom is -0.482 e. The number of aromatic nitrogens is 3. The van der Waals surface area contributed by atoms with E-state index in [1.54, 1.807) is 29.8 Å². The number of rotatable bonds is 8. The van der Waals surface area contributed by atoms with E-state index in [-0.39, 0.29) is 11.8 Å². The highest BCUT2D eigenvalue weighted by atomic mass is 16.5. The van der Waals surface area contributed by atoms with E-state index in [9.17, 15) is 9.59 Å². The van der Waals surface area contributed by atoms with E-state index >= 15 is 0 Å². The van der Waals surface area contributed by atoms with Crippen molar-refractivity contribution < 1.29 is 19.1 Å². The van der Waals surface area contributed by atoms with Crippen molar-refractivity contribution in [1.29, 1.82) is 0 Å². The SMILES string of the molecule is COc1[nH]c(C)cc1C(=O)N(C)CCCOc1c(-c2ccc3c(c2)CC(=O)N3)c(C)nn1C. The summed E-state index contributed by atoms with van der Waals surface area (Å²) in [5, 5.41) is 7.39. The highest BCUT2D eigenvalue weighted by Gasteiger charge is 2.22. The third-order valence-electron chi connectivity index (χ3n) is 5.76. The van der Waals surface area contributed by atoms with Crippen LogP contribution in [0.5, 0.6) is 11.8 Å². The molecular weight excluding hydrogens is 422 g/mol. The van der Waals surface area contributed by atoms with Crippen LogP contribution in [0.1, 0.15) is 33.7 Å². The van der Waals surface area contributed by atoms with Crippen LogP contribution in [0.3, 0.4) is 0 Å². The van der Waals surface area contributed by atoms with E-state index in [1.807, 2.05) is 39.1 Å².